The van der Waals surface area contributed by atoms with Crippen molar-refractivity contribution in [2.24, 2.45) is 11.8 Å². The van der Waals surface area contributed by atoms with Crippen LogP contribution in [0.3, 0.4) is 0 Å². The maximum atomic E-state index is 14.7. The highest BCUT2D eigenvalue weighted by atomic mass is 32.1. The van der Waals surface area contributed by atoms with Gasteiger partial charge in [-0.25, -0.2) is 14.2 Å². The number of carboxylic acid groups (broad SMARTS) is 1. The summed E-state index contributed by atoms with van der Waals surface area (Å²) in [6.45, 7) is 0.962. The van der Waals surface area contributed by atoms with E-state index in [1.54, 1.807) is 0 Å². The summed E-state index contributed by atoms with van der Waals surface area (Å²) in [5, 5.41) is 14.3. The van der Waals surface area contributed by atoms with Crippen molar-refractivity contribution in [2.75, 3.05) is 11.4 Å². The summed E-state index contributed by atoms with van der Waals surface area (Å²) in [5.41, 5.74) is 1.25. The minimum Gasteiger partial charge on any atom is -0.478 e. The molecule has 232 valence electrons. The molecule has 0 spiro atoms. The van der Waals surface area contributed by atoms with Gasteiger partial charge in [-0.2, -0.15) is 13.2 Å². The van der Waals surface area contributed by atoms with Crippen LogP contribution in [-0.4, -0.2) is 46.1 Å². The molecule has 5 unspecified atom stereocenters. The Kier molecular flexibility index (Phi) is 7.64. The number of ether oxygens (including phenoxy) is 1. The third-order valence-electron chi connectivity index (χ3n) is 9.92. The molecule has 0 radical (unpaired) electrons. The van der Waals surface area contributed by atoms with Crippen molar-refractivity contribution in [2.45, 2.75) is 107 Å². The molecule has 4 aliphatic rings. The number of hydrogen-bond acceptors (Lipinski definition) is 7. The molecule has 12 heteroatoms. The van der Waals surface area contributed by atoms with E-state index in [9.17, 15) is 27.5 Å². The molecule has 3 aromatic rings. The predicted molar refractivity (Wildman–Crippen MR) is 152 cm³/mol. The summed E-state index contributed by atoms with van der Waals surface area (Å²) in [7, 11) is 0. The van der Waals surface area contributed by atoms with Gasteiger partial charge in [-0.1, -0.05) is 29.3 Å². The van der Waals surface area contributed by atoms with Crippen molar-refractivity contribution in [1.82, 2.24) is 10.1 Å². The van der Waals surface area contributed by atoms with Gasteiger partial charge >= 0.3 is 12.1 Å². The van der Waals surface area contributed by atoms with Gasteiger partial charge in [0.1, 0.15) is 11.3 Å². The Hall–Kier alpha value is -2.73. The summed E-state index contributed by atoms with van der Waals surface area (Å²) >= 11 is 1.31. The molecule has 4 fully saturated rings. The van der Waals surface area contributed by atoms with Crippen molar-refractivity contribution < 1.29 is 36.7 Å². The molecular weight excluding hydrogens is 586 g/mol. The average Bonchev–Trinajstić information content (AvgIpc) is 3.62. The fraction of sp³-hybridized carbons (Fsp3) is 0.645. The lowest BCUT2D eigenvalue weighted by Gasteiger charge is -2.38. The number of thiazole rings is 1. The van der Waals surface area contributed by atoms with E-state index in [1.165, 1.54) is 17.4 Å². The number of rotatable bonds is 7. The first-order chi connectivity index (χ1) is 20.7. The molecule has 3 saturated carbocycles. The highest BCUT2D eigenvalue weighted by molar-refractivity contribution is 7.22. The Labute approximate surface area is 250 Å². The maximum Gasteiger partial charge on any atom is 0.392 e. The molecule has 7 nitrogen and oxygen atoms in total. The zero-order chi connectivity index (χ0) is 29.9. The topological polar surface area (TPSA) is 88.7 Å². The maximum absolute atomic E-state index is 14.7. The van der Waals surface area contributed by atoms with Gasteiger partial charge in [0, 0.05) is 30.0 Å². The van der Waals surface area contributed by atoms with Gasteiger partial charge < -0.3 is 19.3 Å². The van der Waals surface area contributed by atoms with Crippen molar-refractivity contribution in [1.29, 1.82) is 0 Å². The lowest BCUT2D eigenvalue weighted by atomic mass is 9.76. The van der Waals surface area contributed by atoms with E-state index in [2.05, 4.69) is 15.0 Å². The largest absolute Gasteiger partial charge is 0.478 e. The van der Waals surface area contributed by atoms with Crippen molar-refractivity contribution in [3.05, 3.63) is 40.5 Å². The summed E-state index contributed by atoms with van der Waals surface area (Å²) in [6, 6.07) is 2.60. The van der Waals surface area contributed by atoms with Gasteiger partial charge in [0.05, 0.1) is 34.6 Å². The zero-order valence-electron chi connectivity index (χ0n) is 23.7. The average molecular weight is 622 g/mol. The lowest BCUT2D eigenvalue weighted by molar-refractivity contribution is -0.187. The number of hydrogen-bond donors (Lipinski definition) is 1. The molecule has 0 amide bonds. The summed E-state index contributed by atoms with van der Waals surface area (Å²) in [5.74, 6) is -2.58. The van der Waals surface area contributed by atoms with E-state index in [0.717, 1.165) is 69.5 Å². The Morgan fingerprint density at radius 1 is 1.09 bits per heavy atom. The Balaban J connectivity index is 1.11. The predicted octanol–water partition coefficient (Wildman–Crippen LogP) is 8.19. The molecule has 5 atom stereocenters. The molecule has 3 aliphatic carbocycles. The van der Waals surface area contributed by atoms with E-state index in [0.29, 0.717) is 40.0 Å². The molecular formula is C31H35F4N3O4S. The second kappa shape index (κ2) is 11.3. The first-order valence-corrected chi connectivity index (χ1v) is 16.2. The molecule has 3 heterocycles. The molecule has 2 aromatic heterocycles. The van der Waals surface area contributed by atoms with Crippen LogP contribution in [-0.2, 0) is 11.3 Å². The number of carbonyl (C=O) groups is 1. The number of aromatic carboxylic acids is 1. The Morgan fingerprint density at radius 2 is 1.91 bits per heavy atom. The highest BCUT2D eigenvalue weighted by Gasteiger charge is 2.48. The first-order valence-electron chi connectivity index (χ1n) is 15.4. The van der Waals surface area contributed by atoms with Crippen LogP contribution in [0.15, 0.2) is 16.7 Å². The fourth-order valence-corrected chi connectivity index (χ4v) is 8.79. The van der Waals surface area contributed by atoms with Crippen LogP contribution in [0, 0.1) is 17.7 Å². The molecule has 7 rings (SSSR count). The molecule has 1 N–H and O–H groups in total. The number of aromatic nitrogens is 2. The van der Waals surface area contributed by atoms with Gasteiger partial charge in [0.15, 0.2) is 10.9 Å². The van der Waals surface area contributed by atoms with Gasteiger partial charge in [-0.05, 0) is 75.8 Å². The second-order valence-corrected chi connectivity index (χ2v) is 13.8. The fourth-order valence-electron chi connectivity index (χ4n) is 7.67. The summed E-state index contributed by atoms with van der Waals surface area (Å²) in [4.78, 5) is 18.2. The highest BCUT2D eigenvalue weighted by Crippen LogP contribution is 2.50. The number of carboxylic acids is 1. The van der Waals surface area contributed by atoms with Gasteiger partial charge in [0.2, 0.25) is 0 Å². The minimum atomic E-state index is -4.27. The van der Waals surface area contributed by atoms with Crippen LogP contribution >= 0.6 is 11.3 Å². The van der Waals surface area contributed by atoms with Crippen LogP contribution in [0.5, 0.6) is 0 Å². The smallest absolute Gasteiger partial charge is 0.392 e. The normalized spacial score (nSPS) is 28.3. The van der Waals surface area contributed by atoms with Crippen molar-refractivity contribution in [3.63, 3.8) is 0 Å². The molecule has 1 aliphatic heterocycles. The van der Waals surface area contributed by atoms with E-state index in [-0.39, 0.29) is 42.2 Å². The second-order valence-electron chi connectivity index (χ2n) is 12.8. The van der Waals surface area contributed by atoms with Crippen LogP contribution in [0.4, 0.5) is 22.7 Å². The van der Waals surface area contributed by atoms with E-state index < -0.39 is 29.8 Å². The monoisotopic (exact) mass is 621 g/mol. The molecule has 1 aromatic carbocycles. The molecule has 43 heavy (non-hydrogen) atoms. The van der Waals surface area contributed by atoms with E-state index in [4.69, 9.17) is 9.26 Å². The van der Waals surface area contributed by atoms with E-state index >= 15 is 0 Å². The van der Waals surface area contributed by atoms with Gasteiger partial charge in [0.25, 0.3) is 0 Å². The van der Waals surface area contributed by atoms with Gasteiger partial charge in [-0.15, -0.1) is 0 Å². The van der Waals surface area contributed by atoms with Crippen molar-refractivity contribution in [3.8, 4) is 0 Å². The lowest BCUT2D eigenvalue weighted by Crippen LogP contribution is -2.42. The Bertz CT molecular complexity index is 1500. The zero-order valence-corrected chi connectivity index (χ0v) is 24.6. The van der Waals surface area contributed by atoms with Crippen LogP contribution < -0.4 is 4.90 Å². The quantitative estimate of drug-likeness (QED) is 0.266. The minimum absolute atomic E-state index is 0.0892. The third-order valence-corrected chi connectivity index (χ3v) is 11.0. The first kappa shape index (κ1) is 29.0. The number of alkyl halides is 3. The Morgan fingerprint density at radius 3 is 2.67 bits per heavy atom. The van der Waals surface area contributed by atoms with Crippen LogP contribution in [0.1, 0.15) is 110 Å². The third kappa shape index (κ3) is 5.77. The SMILES string of the molecule is O=C(O)c1cc(F)c2nc(N3CCCC4CC(OCc5c(C6CCCCC6C(F)(F)F)noc5C5CC5)CC3C4)sc2c1. The van der Waals surface area contributed by atoms with Gasteiger partial charge in [-0.3, -0.25) is 0 Å². The number of nitrogens with zero attached hydrogens (tertiary/aromatic N) is 3. The number of benzene rings is 1. The standard InChI is InChI=1S/C31H35F4N3O4S/c32-24-12-18(29(39)40)13-25-27(24)36-30(43-25)38-9-3-4-16-10-19(38)14-20(11-16)41-15-22-26(37-42-28(22)17-7-8-17)21-5-1-2-6-23(21)31(33,34)35/h12-13,16-17,19-21,23H,1-11,14-15H2,(H,39,40). The van der Waals surface area contributed by atoms with E-state index in [1.807, 2.05) is 0 Å². The van der Waals surface area contributed by atoms with Crippen molar-refractivity contribution >= 4 is 32.7 Å². The van der Waals surface area contributed by atoms with Crippen LogP contribution in [0.2, 0.25) is 0 Å². The number of halogens is 4. The number of anilines is 1. The van der Waals surface area contributed by atoms with Crippen LogP contribution in [0.25, 0.3) is 10.2 Å². The summed E-state index contributed by atoms with van der Waals surface area (Å²) < 4.78 is 69.5. The molecule has 2 bridgehead atoms. The number of fused-ring (bicyclic) bond motifs is 3. The summed E-state index contributed by atoms with van der Waals surface area (Å²) in [6.07, 6.45) is 3.98. The molecule has 1 saturated heterocycles.